The van der Waals surface area contributed by atoms with E-state index in [2.05, 4.69) is 4.98 Å². The third-order valence-electron chi connectivity index (χ3n) is 3.74. The highest BCUT2D eigenvalue weighted by atomic mass is 35.5. The quantitative estimate of drug-likeness (QED) is 0.431. The van der Waals surface area contributed by atoms with Crippen molar-refractivity contribution >= 4 is 34.3 Å². The molecule has 0 atom stereocenters. The maximum Gasteiger partial charge on any atom is 0.389 e. The zero-order valence-corrected chi connectivity index (χ0v) is 15.7. The van der Waals surface area contributed by atoms with Crippen LogP contribution in [0.3, 0.4) is 0 Å². The predicted molar refractivity (Wildman–Crippen MR) is 100 cm³/mol. The summed E-state index contributed by atoms with van der Waals surface area (Å²) < 4.78 is 44.2. The van der Waals surface area contributed by atoms with Crippen molar-refractivity contribution in [2.24, 2.45) is 0 Å². The van der Waals surface area contributed by atoms with Crippen LogP contribution in [-0.2, 0) is 0 Å². The Labute approximate surface area is 161 Å². The number of benzene rings is 2. The van der Waals surface area contributed by atoms with Crippen LogP contribution in [0.4, 0.5) is 13.2 Å². The number of alkyl halides is 3. The minimum absolute atomic E-state index is 0.142. The van der Waals surface area contributed by atoms with E-state index in [1.807, 2.05) is 0 Å². The predicted octanol–water partition coefficient (Wildman–Crippen LogP) is 5.09. The van der Waals surface area contributed by atoms with Crippen molar-refractivity contribution in [3.63, 3.8) is 0 Å². The molecule has 0 N–H and O–H groups in total. The fraction of sp³-hybridized carbons (Fsp3) is 0.222. The van der Waals surface area contributed by atoms with Crippen LogP contribution in [0.15, 0.2) is 52.4 Å². The first-order valence-corrected chi connectivity index (χ1v) is 9.22. The van der Waals surface area contributed by atoms with Crippen molar-refractivity contribution in [1.82, 2.24) is 9.55 Å². The lowest BCUT2D eigenvalue weighted by Gasteiger charge is -2.16. The van der Waals surface area contributed by atoms with Crippen LogP contribution < -0.4 is 10.3 Å². The molecule has 3 rings (SSSR count). The van der Waals surface area contributed by atoms with Gasteiger partial charge in [-0.1, -0.05) is 35.5 Å². The number of fused-ring (bicyclic) bond motifs is 1. The lowest BCUT2D eigenvalue weighted by atomic mass is 10.2. The second-order valence-electron chi connectivity index (χ2n) is 5.58. The van der Waals surface area contributed by atoms with Gasteiger partial charge in [-0.05, 0) is 30.3 Å². The summed E-state index contributed by atoms with van der Waals surface area (Å²) in [6.07, 6.45) is -5.28. The SMILES string of the molecule is COc1ccccc1-n1c(SCCC(F)(F)F)nc2cc(Cl)ccc2c1=O. The van der Waals surface area contributed by atoms with E-state index < -0.39 is 18.2 Å². The number of hydrogen-bond acceptors (Lipinski definition) is 4. The molecule has 0 saturated carbocycles. The van der Waals surface area contributed by atoms with Gasteiger partial charge in [0.1, 0.15) is 5.75 Å². The average Bonchev–Trinajstić information content (AvgIpc) is 2.60. The van der Waals surface area contributed by atoms with Crippen molar-refractivity contribution in [3.8, 4) is 11.4 Å². The van der Waals surface area contributed by atoms with Crippen molar-refractivity contribution < 1.29 is 17.9 Å². The van der Waals surface area contributed by atoms with Gasteiger partial charge in [-0.25, -0.2) is 4.98 Å². The van der Waals surface area contributed by atoms with Gasteiger partial charge in [0.25, 0.3) is 5.56 Å². The van der Waals surface area contributed by atoms with Gasteiger partial charge in [0, 0.05) is 10.8 Å². The molecular formula is C18H14ClF3N2O2S. The molecule has 3 aromatic rings. The van der Waals surface area contributed by atoms with Crippen LogP contribution in [0, 0.1) is 0 Å². The summed E-state index contributed by atoms with van der Waals surface area (Å²) in [5.41, 5.74) is 0.327. The number of methoxy groups -OCH3 is 1. The molecule has 0 aliphatic heterocycles. The first kappa shape index (κ1) is 19.6. The molecule has 0 unspecified atom stereocenters. The van der Waals surface area contributed by atoms with Gasteiger partial charge >= 0.3 is 6.18 Å². The topological polar surface area (TPSA) is 44.1 Å². The number of nitrogens with zero attached hydrogens (tertiary/aromatic N) is 2. The Balaban J connectivity index is 2.19. The normalized spacial score (nSPS) is 11.7. The molecule has 0 fully saturated rings. The summed E-state index contributed by atoms with van der Waals surface area (Å²) in [5, 5.41) is 0.838. The number of rotatable bonds is 5. The molecule has 4 nitrogen and oxygen atoms in total. The molecule has 0 spiro atoms. The zero-order valence-electron chi connectivity index (χ0n) is 14.1. The largest absolute Gasteiger partial charge is 0.495 e. The number of halogens is 4. The van der Waals surface area contributed by atoms with Gasteiger partial charge in [-0.15, -0.1) is 0 Å². The Bertz CT molecular complexity index is 1040. The van der Waals surface area contributed by atoms with E-state index in [4.69, 9.17) is 16.3 Å². The standard InChI is InChI=1S/C18H14ClF3N2O2S/c1-26-15-5-3-2-4-14(15)24-16(25)12-7-6-11(19)10-13(12)23-17(24)27-9-8-18(20,21)22/h2-7,10H,8-9H2,1H3. The maximum atomic E-state index is 13.1. The number of thioether (sulfide) groups is 1. The highest BCUT2D eigenvalue weighted by molar-refractivity contribution is 7.99. The second-order valence-corrected chi connectivity index (χ2v) is 7.08. The maximum absolute atomic E-state index is 13.1. The Kier molecular flexibility index (Phi) is 5.67. The minimum atomic E-state index is -4.29. The Hall–Kier alpha value is -2.19. The fourth-order valence-corrected chi connectivity index (χ4v) is 3.68. The molecule has 2 aromatic carbocycles. The van der Waals surface area contributed by atoms with Gasteiger partial charge in [-0.3, -0.25) is 9.36 Å². The first-order chi connectivity index (χ1) is 12.8. The van der Waals surface area contributed by atoms with Crippen molar-refractivity contribution in [2.45, 2.75) is 17.8 Å². The lowest BCUT2D eigenvalue weighted by Crippen LogP contribution is -2.22. The number of hydrogen-bond donors (Lipinski definition) is 0. The highest BCUT2D eigenvalue weighted by Crippen LogP contribution is 2.30. The Morgan fingerprint density at radius 2 is 1.96 bits per heavy atom. The Morgan fingerprint density at radius 3 is 2.67 bits per heavy atom. The van der Waals surface area contributed by atoms with E-state index >= 15 is 0 Å². The Morgan fingerprint density at radius 1 is 1.22 bits per heavy atom. The van der Waals surface area contributed by atoms with Crippen LogP contribution in [-0.4, -0.2) is 28.6 Å². The summed E-state index contributed by atoms with van der Waals surface area (Å²) in [6, 6.07) is 11.4. The van der Waals surface area contributed by atoms with Crippen molar-refractivity contribution in [3.05, 3.63) is 57.8 Å². The van der Waals surface area contributed by atoms with Crippen LogP contribution in [0.2, 0.25) is 5.02 Å². The van der Waals surface area contributed by atoms with Gasteiger partial charge in [-0.2, -0.15) is 13.2 Å². The third kappa shape index (κ3) is 4.39. The van der Waals surface area contributed by atoms with Crippen molar-refractivity contribution in [1.29, 1.82) is 0 Å². The molecule has 0 amide bonds. The van der Waals surface area contributed by atoms with E-state index in [1.54, 1.807) is 36.4 Å². The van der Waals surface area contributed by atoms with E-state index in [-0.39, 0.29) is 10.9 Å². The number of aromatic nitrogens is 2. The smallest absolute Gasteiger partial charge is 0.389 e. The van der Waals surface area contributed by atoms with Crippen LogP contribution in [0.1, 0.15) is 6.42 Å². The highest BCUT2D eigenvalue weighted by Gasteiger charge is 2.27. The summed E-state index contributed by atoms with van der Waals surface area (Å²) in [7, 11) is 1.45. The van der Waals surface area contributed by atoms with Crippen LogP contribution >= 0.6 is 23.4 Å². The van der Waals surface area contributed by atoms with Gasteiger partial charge in [0.05, 0.1) is 30.1 Å². The summed E-state index contributed by atoms with van der Waals surface area (Å²) in [4.78, 5) is 17.5. The van der Waals surface area contributed by atoms with Crippen LogP contribution in [0.5, 0.6) is 5.75 Å². The molecule has 1 aromatic heterocycles. The summed E-state index contributed by atoms with van der Waals surface area (Å²) in [5.74, 6) is 0.143. The molecule has 0 saturated heterocycles. The van der Waals surface area contributed by atoms with E-state index in [0.29, 0.717) is 27.4 Å². The third-order valence-corrected chi connectivity index (χ3v) is 4.92. The molecule has 0 radical (unpaired) electrons. The van der Waals surface area contributed by atoms with E-state index in [1.165, 1.54) is 17.7 Å². The van der Waals surface area contributed by atoms with E-state index in [9.17, 15) is 18.0 Å². The lowest BCUT2D eigenvalue weighted by molar-refractivity contribution is -0.129. The number of ether oxygens (including phenoxy) is 1. The van der Waals surface area contributed by atoms with Crippen LogP contribution in [0.25, 0.3) is 16.6 Å². The van der Waals surface area contributed by atoms with Crippen molar-refractivity contribution in [2.75, 3.05) is 12.9 Å². The minimum Gasteiger partial charge on any atom is -0.495 e. The first-order valence-electron chi connectivity index (χ1n) is 7.85. The molecule has 142 valence electrons. The zero-order chi connectivity index (χ0) is 19.6. The molecule has 0 aliphatic carbocycles. The summed E-state index contributed by atoms with van der Waals surface area (Å²) >= 11 is 6.82. The van der Waals surface area contributed by atoms with E-state index in [0.717, 1.165) is 11.8 Å². The molecule has 27 heavy (non-hydrogen) atoms. The van der Waals surface area contributed by atoms with Gasteiger partial charge in [0.2, 0.25) is 0 Å². The average molecular weight is 415 g/mol. The summed E-state index contributed by atoms with van der Waals surface area (Å²) in [6.45, 7) is 0. The number of para-hydroxylation sites is 2. The molecular weight excluding hydrogens is 401 g/mol. The van der Waals surface area contributed by atoms with Gasteiger partial charge < -0.3 is 4.74 Å². The monoisotopic (exact) mass is 414 g/mol. The molecule has 0 bridgehead atoms. The molecule has 0 aliphatic rings. The second kappa shape index (κ2) is 7.82. The molecule has 1 heterocycles. The molecule has 9 heteroatoms. The fourth-order valence-electron chi connectivity index (χ4n) is 2.52. The van der Waals surface area contributed by atoms with Gasteiger partial charge in [0.15, 0.2) is 5.16 Å².